The quantitative estimate of drug-likeness (QED) is 0.622. The maximum absolute atomic E-state index is 10.4. The van der Waals surface area contributed by atoms with Crippen LogP contribution in [0.15, 0.2) is 24.3 Å². The summed E-state index contributed by atoms with van der Waals surface area (Å²) < 4.78 is 0. The van der Waals surface area contributed by atoms with Crippen LogP contribution in [0.1, 0.15) is 20.7 Å². The van der Waals surface area contributed by atoms with Crippen LogP contribution in [0.4, 0.5) is 0 Å². The van der Waals surface area contributed by atoms with Crippen LogP contribution >= 0.6 is 0 Å². The number of hydrogen-bond donors (Lipinski definition) is 1. The standard InChI is InChI=1S/C8H6O4.Cs/c9-7(10)5-3-1-2-4-6(5)8(11)12;/h1-4H,(H,9,10)(H,11,12);/q;+1/p-1. The Balaban J connectivity index is 0.00000144. The fraction of sp³-hybridized carbons (Fsp3) is 0. The first-order valence-electron chi connectivity index (χ1n) is 3.16. The Kier molecular flexibility index (Phi) is 5.94. The van der Waals surface area contributed by atoms with Crippen LogP contribution in [0.5, 0.6) is 0 Å². The van der Waals surface area contributed by atoms with E-state index in [-0.39, 0.29) is 80.0 Å². The predicted octanol–water partition coefficient (Wildman–Crippen LogP) is -3.25. The van der Waals surface area contributed by atoms with Gasteiger partial charge in [0.2, 0.25) is 0 Å². The molecule has 1 aromatic carbocycles. The average Bonchev–Trinajstić information content (AvgIpc) is 2.04. The van der Waals surface area contributed by atoms with E-state index < -0.39 is 11.9 Å². The van der Waals surface area contributed by atoms with Crippen molar-refractivity contribution in [3.63, 3.8) is 0 Å². The van der Waals surface area contributed by atoms with Crippen molar-refractivity contribution >= 4 is 11.9 Å². The van der Waals surface area contributed by atoms with Gasteiger partial charge in [-0.25, -0.2) is 4.79 Å². The van der Waals surface area contributed by atoms with Gasteiger partial charge in [-0.2, -0.15) is 0 Å². The summed E-state index contributed by atoms with van der Waals surface area (Å²) in [4.78, 5) is 20.8. The van der Waals surface area contributed by atoms with E-state index in [0.29, 0.717) is 0 Å². The maximum atomic E-state index is 10.4. The number of benzene rings is 1. The Morgan fingerprint density at radius 3 is 1.92 bits per heavy atom. The third-order valence-electron chi connectivity index (χ3n) is 1.38. The molecule has 5 heteroatoms. The summed E-state index contributed by atoms with van der Waals surface area (Å²) in [5, 5.41) is 18.9. The fourth-order valence-corrected chi connectivity index (χ4v) is 0.848. The van der Waals surface area contributed by atoms with Crippen LogP contribution < -0.4 is 74.0 Å². The molecule has 0 radical (unpaired) electrons. The summed E-state index contributed by atoms with van der Waals surface area (Å²) in [6.45, 7) is 0. The molecule has 1 N–H and O–H groups in total. The van der Waals surface area contributed by atoms with Crippen molar-refractivity contribution in [1.29, 1.82) is 0 Å². The largest absolute Gasteiger partial charge is 1.00 e. The van der Waals surface area contributed by atoms with E-state index in [1.165, 1.54) is 24.3 Å². The van der Waals surface area contributed by atoms with Crippen molar-refractivity contribution in [2.24, 2.45) is 0 Å². The minimum absolute atomic E-state index is 0. The van der Waals surface area contributed by atoms with E-state index in [2.05, 4.69) is 0 Å². The van der Waals surface area contributed by atoms with Crippen LogP contribution in [0.3, 0.4) is 0 Å². The van der Waals surface area contributed by atoms with E-state index in [0.717, 1.165) is 0 Å². The van der Waals surface area contributed by atoms with Gasteiger partial charge in [-0.3, -0.25) is 0 Å². The first-order valence-corrected chi connectivity index (χ1v) is 3.16. The molecule has 0 atom stereocenters. The van der Waals surface area contributed by atoms with Gasteiger partial charge in [-0.05, 0) is 6.07 Å². The maximum Gasteiger partial charge on any atom is 1.00 e. The summed E-state index contributed by atoms with van der Waals surface area (Å²) >= 11 is 0. The number of carboxylic acids is 2. The van der Waals surface area contributed by atoms with Crippen molar-refractivity contribution in [2.75, 3.05) is 0 Å². The Bertz CT molecular complexity index is 302. The van der Waals surface area contributed by atoms with Crippen LogP contribution in [-0.2, 0) is 0 Å². The molecule has 13 heavy (non-hydrogen) atoms. The molecule has 0 aliphatic carbocycles. The minimum Gasteiger partial charge on any atom is -0.545 e. The number of hydrogen-bond acceptors (Lipinski definition) is 3. The van der Waals surface area contributed by atoms with E-state index in [1.807, 2.05) is 0 Å². The fourth-order valence-electron chi connectivity index (χ4n) is 0.848. The van der Waals surface area contributed by atoms with Gasteiger partial charge in [0.25, 0.3) is 0 Å². The van der Waals surface area contributed by atoms with Crippen molar-refractivity contribution in [1.82, 2.24) is 0 Å². The molecule has 0 saturated carbocycles. The van der Waals surface area contributed by atoms with Crippen LogP contribution in [0, 0.1) is 0 Å². The molecule has 0 heterocycles. The van der Waals surface area contributed by atoms with Gasteiger partial charge in [-0.15, -0.1) is 0 Å². The smallest absolute Gasteiger partial charge is 0.545 e. The molecule has 0 bridgehead atoms. The summed E-state index contributed by atoms with van der Waals surface area (Å²) in [7, 11) is 0. The molecule has 0 unspecified atom stereocenters. The van der Waals surface area contributed by atoms with E-state index in [9.17, 15) is 14.7 Å². The molecule has 4 nitrogen and oxygen atoms in total. The van der Waals surface area contributed by atoms with E-state index in [1.54, 1.807) is 0 Å². The molecule has 0 saturated heterocycles. The molecule has 1 aromatic rings. The molecule has 1 rings (SSSR count). The topological polar surface area (TPSA) is 77.4 Å². The number of carbonyl (C=O) groups is 2. The second-order valence-electron chi connectivity index (χ2n) is 2.14. The Hall–Kier alpha value is 0.212. The molecule has 0 fully saturated rings. The number of rotatable bonds is 2. The average molecular weight is 298 g/mol. The molecule has 0 aliphatic rings. The van der Waals surface area contributed by atoms with E-state index >= 15 is 0 Å². The van der Waals surface area contributed by atoms with Gasteiger partial charge in [0.15, 0.2) is 0 Å². The normalized spacial score (nSPS) is 8.62. The van der Waals surface area contributed by atoms with Crippen molar-refractivity contribution in [2.45, 2.75) is 0 Å². The van der Waals surface area contributed by atoms with Crippen molar-refractivity contribution < 1.29 is 88.7 Å². The third-order valence-corrected chi connectivity index (χ3v) is 1.38. The molecule has 0 amide bonds. The van der Waals surface area contributed by atoms with E-state index in [4.69, 9.17) is 5.11 Å². The zero-order valence-electron chi connectivity index (χ0n) is 6.98. The van der Waals surface area contributed by atoms with Gasteiger partial charge >= 0.3 is 74.9 Å². The molecule has 0 spiro atoms. The second kappa shape index (κ2) is 5.84. The molecular weight excluding hydrogens is 293 g/mol. The van der Waals surface area contributed by atoms with Gasteiger partial charge in [0.05, 0.1) is 11.5 Å². The number of aromatic carboxylic acids is 2. The SMILES string of the molecule is O=C([O-])c1ccccc1C(=O)O.[Cs+]. The van der Waals surface area contributed by atoms with Gasteiger partial charge in [0.1, 0.15) is 0 Å². The minimum atomic E-state index is -1.48. The first-order chi connectivity index (χ1) is 5.63. The predicted molar refractivity (Wildman–Crippen MR) is 37.7 cm³/mol. The van der Waals surface area contributed by atoms with Crippen LogP contribution in [0.2, 0.25) is 0 Å². The Morgan fingerprint density at radius 1 is 1.15 bits per heavy atom. The first kappa shape index (κ1) is 13.2. The summed E-state index contributed by atoms with van der Waals surface area (Å²) in [6.07, 6.45) is 0. The van der Waals surface area contributed by atoms with Crippen molar-refractivity contribution in [3.8, 4) is 0 Å². The summed E-state index contributed by atoms with van der Waals surface area (Å²) in [5.74, 6) is -2.75. The van der Waals surface area contributed by atoms with Gasteiger partial charge in [-0.1, -0.05) is 18.2 Å². The molecular formula is C8H5CsO4. The monoisotopic (exact) mass is 298 g/mol. The zero-order chi connectivity index (χ0) is 9.14. The Labute approximate surface area is 133 Å². The van der Waals surface area contributed by atoms with Gasteiger partial charge in [0, 0.05) is 5.56 Å². The summed E-state index contributed by atoms with van der Waals surface area (Å²) in [5.41, 5.74) is -0.553. The molecule has 0 aliphatic heterocycles. The number of carboxylic acid groups (broad SMARTS) is 2. The third kappa shape index (κ3) is 3.45. The zero-order valence-corrected chi connectivity index (χ0v) is 13.3. The van der Waals surface area contributed by atoms with Crippen LogP contribution in [0.25, 0.3) is 0 Å². The van der Waals surface area contributed by atoms with Gasteiger partial charge < -0.3 is 15.0 Å². The molecule has 0 aromatic heterocycles. The Morgan fingerprint density at radius 2 is 1.62 bits per heavy atom. The van der Waals surface area contributed by atoms with Crippen LogP contribution in [-0.4, -0.2) is 17.0 Å². The number of carbonyl (C=O) groups excluding carboxylic acids is 1. The molecule has 62 valence electrons. The van der Waals surface area contributed by atoms with Crippen molar-refractivity contribution in [3.05, 3.63) is 35.4 Å². The second-order valence-corrected chi connectivity index (χ2v) is 2.14. The summed E-state index contributed by atoms with van der Waals surface area (Å²) in [6, 6.07) is 5.31.